The third-order valence-corrected chi connectivity index (χ3v) is 11.8. The van der Waals surface area contributed by atoms with Gasteiger partial charge in [-0.3, -0.25) is 9.59 Å². The molecule has 304 valence electrons. The molecule has 61 heavy (non-hydrogen) atoms. The molecule has 5 aromatic carbocycles. The second-order valence-corrected chi connectivity index (χ2v) is 15.6. The molecule has 2 saturated heterocycles. The van der Waals surface area contributed by atoms with E-state index in [1.54, 1.807) is 49.4 Å². The number of alkyl carbamates (subject to hydrolysis) is 1. The molecule has 0 saturated carbocycles. The van der Waals surface area contributed by atoms with Crippen molar-refractivity contribution in [2.45, 2.75) is 38.3 Å². The molecule has 4 heterocycles. The predicted molar refractivity (Wildman–Crippen MR) is 226 cm³/mol. The van der Waals surface area contributed by atoms with Crippen LogP contribution in [0.3, 0.4) is 0 Å². The lowest BCUT2D eigenvalue weighted by Gasteiger charge is -2.20. The first kappa shape index (κ1) is 37.5. The van der Waals surface area contributed by atoms with Gasteiger partial charge in [-0.15, -0.1) is 0 Å². The molecule has 14 heteroatoms. The summed E-state index contributed by atoms with van der Waals surface area (Å²) >= 11 is 0. The van der Waals surface area contributed by atoms with Crippen LogP contribution in [0.25, 0.3) is 27.7 Å². The lowest BCUT2D eigenvalue weighted by Crippen LogP contribution is -2.41. The van der Waals surface area contributed by atoms with Gasteiger partial charge in [0.1, 0.15) is 24.2 Å². The number of imide groups is 1. The summed E-state index contributed by atoms with van der Waals surface area (Å²) in [5, 5.41) is 7.97. The number of carbonyl (C=O) groups is 4. The lowest BCUT2D eigenvalue weighted by atomic mass is 9.98. The number of nitrogens with zero attached hydrogens (tertiary/aromatic N) is 4. The molecule has 0 unspecified atom stereocenters. The van der Waals surface area contributed by atoms with Crippen molar-refractivity contribution in [1.29, 1.82) is 0 Å². The molecule has 2 fully saturated rings. The molecule has 4 amide bonds. The van der Waals surface area contributed by atoms with Gasteiger partial charge in [0.2, 0.25) is 5.78 Å². The Hall–Kier alpha value is -7.74. The number of hydrogen-bond acceptors (Lipinski definition) is 8. The fourth-order valence-electron chi connectivity index (χ4n) is 8.89. The fraction of sp³-hybridized carbons (Fsp3) is 0.170. The number of fused-ring (bicyclic) bond motifs is 5. The number of urea groups is 1. The number of aromatic nitrogens is 3. The molecule has 10 rings (SSSR count). The van der Waals surface area contributed by atoms with Crippen LogP contribution in [0.4, 0.5) is 25.5 Å². The molecule has 7 aromatic rings. The lowest BCUT2D eigenvalue weighted by molar-refractivity contribution is -0.119. The van der Waals surface area contributed by atoms with Crippen molar-refractivity contribution in [2.75, 3.05) is 23.8 Å². The minimum absolute atomic E-state index is 0.0937. The number of hydrogen-bond donors (Lipinski definition) is 3. The van der Waals surface area contributed by atoms with Gasteiger partial charge in [0.15, 0.2) is 11.6 Å². The minimum atomic E-state index is -0.749. The SMILES string of the molecule is Cc1cc2cc(C(=O)c3cnn(-c4ccc(Oc5ccccc5F)cc4C)c3N)[nH]c2cc1N1C(=O)[C@@H]2C[C@H](NC(=O)OCC3c4ccccc4-c4ccccc43)CN2C1=O. The number of benzene rings is 5. The number of halogens is 1. The molecule has 2 aliphatic heterocycles. The number of nitrogens with one attached hydrogen (secondary N) is 2. The maximum Gasteiger partial charge on any atom is 0.407 e. The number of H-pyrrole nitrogens is 1. The monoisotopic (exact) mass is 815 g/mol. The van der Waals surface area contributed by atoms with Crippen molar-refractivity contribution in [3.63, 3.8) is 0 Å². The van der Waals surface area contributed by atoms with Crippen LogP contribution in [0.15, 0.2) is 115 Å². The van der Waals surface area contributed by atoms with E-state index in [0.29, 0.717) is 33.6 Å². The minimum Gasteiger partial charge on any atom is -0.454 e. The van der Waals surface area contributed by atoms with Gasteiger partial charge in [0.05, 0.1) is 34.9 Å². The number of aryl methyl sites for hydroxylation is 2. The van der Waals surface area contributed by atoms with Gasteiger partial charge >= 0.3 is 12.1 Å². The smallest absolute Gasteiger partial charge is 0.407 e. The number of rotatable bonds is 9. The van der Waals surface area contributed by atoms with Crippen LogP contribution in [-0.2, 0) is 9.53 Å². The van der Waals surface area contributed by atoms with Crippen LogP contribution >= 0.6 is 0 Å². The number of ketones is 1. The van der Waals surface area contributed by atoms with E-state index >= 15 is 0 Å². The van der Waals surface area contributed by atoms with E-state index in [1.807, 2.05) is 37.3 Å². The highest BCUT2D eigenvalue weighted by molar-refractivity contribution is 6.22. The van der Waals surface area contributed by atoms with Crippen molar-refractivity contribution in [2.24, 2.45) is 0 Å². The van der Waals surface area contributed by atoms with Gasteiger partial charge in [-0.1, -0.05) is 60.7 Å². The number of nitrogens with two attached hydrogens (primary N) is 1. The molecule has 2 atom stereocenters. The van der Waals surface area contributed by atoms with E-state index in [-0.39, 0.29) is 48.3 Å². The van der Waals surface area contributed by atoms with Crippen LogP contribution < -0.4 is 20.7 Å². The van der Waals surface area contributed by atoms with Crippen molar-refractivity contribution < 1.29 is 33.0 Å². The molecule has 0 spiro atoms. The van der Waals surface area contributed by atoms with Gasteiger partial charge in [0.25, 0.3) is 5.91 Å². The zero-order valence-electron chi connectivity index (χ0n) is 33.0. The molecule has 2 aromatic heterocycles. The van der Waals surface area contributed by atoms with E-state index in [4.69, 9.17) is 15.2 Å². The highest BCUT2D eigenvalue weighted by Gasteiger charge is 2.52. The molecule has 0 radical (unpaired) electrons. The Morgan fingerprint density at radius 3 is 2.31 bits per heavy atom. The largest absolute Gasteiger partial charge is 0.454 e. The number of anilines is 2. The maximum atomic E-state index is 14.2. The van der Waals surface area contributed by atoms with Crippen LogP contribution in [0.1, 0.15) is 50.6 Å². The zero-order valence-corrected chi connectivity index (χ0v) is 33.0. The van der Waals surface area contributed by atoms with E-state index < -0.39 is 41.7 Å². The van der Waals surface area contributed by atoms with Gasteiger partial charge in [0, 0.05) is 23.4 Å². The summed E-state index contributed by atoms with van der Waals surface area (Å²) < 4.78 is 27.1. The first-order chi connectivity index (χ1) is 29.5. The Bertz CT molecular complexity index is 2910. The number of ether oxygens (including phenoxy) is 2. The highest BCUT2D eigenvalue weighted by atomic mass is 19.1. The van der Waals surface area contributed by atoms with E-state index in [9.17, 15) is 23.6 Å². The quantitative estimate of drug-likeness (QED) is 0.0971. The van der Waals surface area contributed by atoms with E-state index in [0.717, 1.165) is 27.8 Å². The van der Waals surface area contributed by atoms with Crippen LogP contribution in [0.2, 0.25) is 0 Å². The Balaban J connectivity index is 0.805. The third-order valence-electron chi connectivity index (χ3n) is 11.8. The standard InChI is InChI=1S/C47H38FN7O6/c1-25-17-27-19-38(43(56)34-22-50-55(44(34)49)39-16-15-29(18-26(39)2)61-42-14-8-7-13-36(42)48)52-37(27)21-40(25)54-45(57)41-20-28(23-53(41)47(54)59)51-46(58)60-24-35-32-11-5-3-9-30(32)31-10-4-6-12-33(31)35/h3-19,21-22,28,35,41,52H,20,23-24,49H2,1-2H3,(H,51,58)/t28-,41-/m0/s1. The molecular weight excluding hydrogens is 778 g/mol. The zero-order chi connectivity index (χ0) is 42.1. The summed E-state index contributed by atoms with van der Waals surface area (Å²) in [4.78, 5) is 60.4. The van der Waals surface area contributed by atoms with Crippen molar-refractivity contribution in [3.05, 3.63) is 155 Å². The Morgan fingerprint density at radius 2 is 1.59 bits per heavy atom. The molecule has 3 aliphatic rings. The summed E-state index contributed by atoms with van der Waals surface area (Å²) in [6.07, 6.45) is 1.04. The first-order valence-corrected chi connectivity index (χ1v) is 19.8. The maximum absolute atomic E-state index is 14.2. The van der Waals surface area contributed by atoms with E-state index in [2.05, 4.69) is 39.7 Å². The topological polar surface area (TPSA) is 165 Å². The van der Waals surface area contributed by atoms with Crippen molar-refractivity contribution >= 4 is 46.2 Å². The fourth-order valence-corrected chi connectivity index (χ4v) is 8.89. The highest BCUT2D eigenvalue weighted by Crippen LogP contribution is 2.44. The van der Waals surface area contributed by atoms with Gasteiger partial charge < -0.3 is 30.4 Å². The Kier molecular flexibility index (Phi) is 8.93. The predicted octanol–water partition coefficient (Wildman–Crippen LogP) is 8.16. The average Bonchev–Trinajstić information content (AvgIpc) is 4.07. The van der Waals surface area contributed by atoms with Gasteiger partial charge in [-0.05, 0) is 102 Å². The number of para-hydroxylation sites is 1. The van der Waals surface area contributed by atoms with E-state index in [1.165, 1.54) is 32.8 Å². The van der Waals surface area contributed by atoms with Crippen LogP contribution in [0.5, 0.6) is 11.5 Å². The molecule has 13 nitrogen and oxygen atoms in total. The normalized spacial score (nSPS) is 16.8. The van der Waals surface area contributed by atoms with Crippen LogP contribution in [0, 0.1) is 19.7 Å². The number of carbonyl (C=O) groups excluding carboxylic acids is 4. The second kappa shape index (κ2) is 14.5. The second-order valence-electron chi connectivity index (χ2n) is 15.6. The molecule has 0 bridgehead atoms. The van der Waals surface area contributed by atoms with Crippen molar-refractivity contribution in [3.8, 4) is 28.3 Å². The third kappa shape index (κ3) is 6.34. The summed E-state index contributed by atoms with van der Waals surface area (Å²) in [6.45, 7) is 3.93. The number of amides is 4. The summed E-state index contributed by atoms with van der Waals surface area (Å²) in [5.41, 5.74) is 14.3. The first-order valence-electron chi connectivity index (χ1n) is 19.8. The Morgan fingerprint density at radius 1 is 0.885 bits per heavy atom. The van der Waals surface area contributed by atoms with Crippen molar-refractivity contribution in [1.82, 2.24) is 25.0 Å². The number of aromatic amines is 1. The van der Waals surface area contributed by atoms with Crippen LogP contribution in [-0.4, -0.2) is 68.7 Å². The summed E-state index contributed by atoms with van der Waals surface area (Å²) in [5.74, 6) is -0.740. The number of nitrogen functional groups attached to an aromatic ring is 1. The summed E-state index contributed by atoms with van der Waals surface area (Å²) in [6, 6.07) is 30.9. The van der Waals surface area contributed by atoms with Gasteiger partial charge in [-0.2, -0.15) is 5.10 Å². The molecular formula is C47H38FN7O6. The average molecular weight is 816 g/mol. The summed E-state index contributed by atoms with van der Waals surface area (Å²) in [7, 11) is 0. The van der Waals surface area contributed by atoms with Gasteiger partial charge in [-0.25, -0.2) is 23.6 Å². The molecule has 4 N–H and O–H groups in total. The Labute approximate surface area is 348 Å². The molecule has 1 aliphatic carbocycles.